The summed E-state index contributed by atoms with van der Waals surface area (Å²) in [5, 5.41) is 0. The maximum Gasteiger partial charge on any atom is 0.272 e. The Hall–Kier alpha value is -1.40. The van der Waals surface area contributed by atoms with Gasteiger partial charge in [-0.05, 0) is 73.9 Å². The van der Waals surface area contributed by atoms with Gasteiger partial charge in [-0.1, -0.05) is 6.92 Å². The Labute approximate surface area is 151 Å². The van der Waals surface area contributed by atoms with Crippen LogP contribution in [0.25, 0.3) is 5.65 Å². The molecule has 0 spiro atoms. The Morgan fingerprint density at radius 3 is 2.71 bits per heavy atom. The lowest BCUT2D eigenvalue weighted by molar-refractivity contribution is 0.0651. The van der Waals surface area contributed by atoms with Gasteiger partial charge in [-0.15, -0.1) is 0 Å². The van der Waals surface area contributed by atoms with E-state index in [0.717, 1.165) is 53.7 Å². The smallest absolute Gasteiger partial charge is 0.272 e. The number of carbonyl (C=O) groups is 1. The summed E-state index contributed by atoms with van der Waals surface area (Å²) in [5.74, 6) is 0.0754. The highest BCUT2D eigenvalue weighted by atomic mass is 79.9. The summed E-state index contributed by atoms with van der Waals surface area (Å²) in [6.07, 6.45) is 4.75. The molecule has 3 heterocycles. The summed E-state index contributed by atoms with van der Waals surface area (Å²) in [4.78, 5) is 22.2. The molecule has 5 nitrogen and oxygen atoms in total. The summed E-state index contributed by atoms with van der Waals surface area (Å²) in [5.41, 5.74) is 3.52. The maximum atomic E-state index is 13.2. The molecule has 0 saturated carbocycles. The predicted molar refractivity (Wildman–Crippen MR) is 99.6 cm³/mol. The summed E-state index contributed by atoms with van der Waals surface area (Å²) in [7, 11) is 4.07. The van der Waals surface area contributed by atoms with Gasteiger partial charge in [0.15, 0.2) is 0 Å². The second-order valence-corrected chi connectivity index (χ2v) is 7.66. The number of imidazole rings is 1. The van der Waals surface area contributed by atoms with Crippen LogP contribution in [0.3, 0.4) is 0 Å². The number of fused-ring (bicyclic) bond motifs is 1. The third kappa shape index (κ3) is 3.09. The monoisotopic (exact) mass is 392 g/mol. The van der Waals surface area contributed by atoms with Crippen molar-refractivity contribution in [2.45, 2.75) is 39.2 Å². The van der Waals surface area contributed by atoms with Gasteiger partial charge in [0.2, 0.25) is 0 Å². The van der Waals surface area contributed by atoms with Crippen LogP contribution in [0.1, 0.15) is 41.5 Å². The highest BCUT2D eigenvalue weighted by Gasteiger charge is 2.28. The van der Waals surface area contributed by atoms with Crippen molar-refractivity contribution in [3.8, 4) is 0 Å². The first-order chi connectivity index (χ1) is 11.4. The molecule has 1 aliphatic heterocycles. The highest BCUT2D eigenvalue weighted by molar-refractivity contribution is 9.10. The van der Waals surface area contributed by atoms with Gasteiger partial charge in [-0.25, -0.2) is 4.98 Å². The summed E-state index contributed by atoms with van der Waals surface area (Å²) in [6, 6.07) is 2.34. The Bertz CT molecular complexity index is 762. The molecule has 0 aromatic carbocycles. The first-order valence-corrected chi connectivity index (χ1v) is 9.34. The number of rotatable bonds is 3. The van der Waals surface area contributed by atoms with E-state index in [1.54, 1.807) is 0 Å². The topological polar surface area (TPSA) is 40.9 Å². The zero-order valence-corrected chi connectivity index (χ0v) is 16.4. The van der Waals surface area contributed by atoms with Crippen molar-refractivity contribution in [2.75, 3.05) is 27.2 Å². The Kier molecular flexibility index (Phi) is 4.97. The zero-order chi connectivity index (χ0) is 17.4. The number of hydrogen-bond acceptors (Lipinski definition) is 3. The predicted octanol–water partition coefficient (Wildman–Crippen LogP) is 3.13. The fourth-order valence-electron chi connectivity index (χ4n) is 3.50. The van der Waals surface area contributed by atoms with Crippen molar-refractivity contribution in [1.82, 2.24) is 19.2 Å². The second kappa shape index (κ2) is 6.84. The quantitative estimate of drug-likeness (QED) is 0.805. The fraction of sp³-hybridized carbons (Fsp3) is 0.556. The van der Waals surface area contributed by atoms with E-state index in [2.05, 4.69) is 34.8 Å². The Balaban J connectivity index is 1.99. The molecule has 0 radical (unpaired) electrons. The minimum Gasteiger partial charge on any atom is -0.337 e. The molecule has 1 saturated heterocycles. The van der Waals surface area contributed by atoms with Gasteiger partial charge in [0.05, 0.1) is 5.69 Å². The van der Waals surface area contributed by atoms with E-state index in [0.29, 0.717) is 11.7 Å². The van der Waals surface area contributed by atoms with Crippen molar-refractivity contribution in [3.63, 3.8) is 0 Å². The normalized spacial score (nSPS) is 16.7. The molecule has 0 atom stereocenters. The second-order valence-electron chi connectivity index (χ2n) is 6.75. The molecule has 1 fully saturated rings. The lowest BCUT2D eigenvalue weighted by Crippen LogP contribution is -2.45. The standard InChI is InChI=1S/C18H25BrN4O/c1-5-15-16(23-11-13(19)10-12(2)17(23)20-15)18(24)22(4)14-6-8-21(3)9-7-14/h10-11,14H,5-9H2,1-4H3. The lowest BCUT2D eigenvalue weighted by Gasteiger charge is -2.35. The molecule has 1 amide bonds. The number of aromatic nitrogens is 2. The van der Waals surface area contributed by atoms with Crippen molar-refractivity contribution in [3.05, 3.63) is 33.7 Å². The number of aryl methyl sites for hydroxylation is 2. The molecule has 3 rings (SSSR count). The van der Waals surface area contributed by atoms with Gasteiger partial charge in [0.1, 0.15) is 11.3 Å². The first-order valence-electron chi connectivity index (χ1n) is 8.55. The SMILES string of the molecule is CCc1nc2c(C)cc(Br)cn2c1C(=O)N(C)C1CCN(C)CC1. The van der Waals surface area contributed by atoms with Crippen LogP contribution >= 0.6 is 15.9 Å². The van der Waals surface area contributed by atoms with Gasteiger partial charge in [-0.2, -0.15) is 0 Å². The number of amides is 1. The molecule has 0 unspecified atom stereocenters. The number of hydrogen-bond donors (Lipinski definition) is 0. The summed E-state index contributed by atoms with van der Waals surface area (Å²) < 4.78 is 2.91. The first kappa shape index (κ1) is 17.4. The molecule has 24 heavy (non-hydrogen) atoms. The van der Waals surface area contributed by atoms with E-state index in [-0.39, 0.29) is 5.91 Å². The lowest BCUT2D eigenvalue weighted by atomic mass is 10.0. The molecule has 1 aliphatic rings. The van der Waals surface area contributed by atoms with Gasteiger partial charge in [0.25, 0.3) is 5.91 Å². The number of pyridine rings is 1. The summed E-state index contributed by atoms with van der Waals surface area (Å²) in [6.45, 7) is 6.17. The third-order valence-electron chi connectivity index (χ3n) is 5.04. The number of likely N-dealkylation sites (tertiary alicyclic amines) is 1. The average Bonchev–Trinajstić information content (AvgIpc) is 2.93. The van der Waals surface area contributed by atoms with Crippen molar-refractivity contribution < 1.29 is 4.79 Å². The van der Waals surface area contributed by atoms with E-state index in [1.807, 2.05) is 35.5 Å². The third-order valence-corrected chi connectivity index (χ3v) is 5.47. The summed E-state index contributed by atoms with van der Waals surface area (Å²) >= 11 is 3.54. The van der Waals surface area contributed by atoms with Crippen LogP contribution in [0.15, 0.2) is 16.7 Å². The van der Waals surface area contributed by atoms with Crippen molar-refractivity contribution in [2.24, 2.45) is 0 Å². The van der Waals surface area contributed by atoms with Gasteiger partial charge in [-0.3, -0.25) is 9.20 Å². The molecule has 6 heteroatoms. The highest BCUT2D eigenvalue weighted by Crippen LogP contribution is 2.24. The number of piperidine rings is 1. The van der Waals surface area contributed by atoms with Gasteiger partial charge in [0, 0.05) is 23.8 Å². The van der Waals surface area contributed by atoms with Crippen LogP contribution in [0.4, 0.5) is 0 Å². The maximum absolute atomic E-state index is 13.2. The molecular weight excluding hydrogens is 368 g/mol. The molecule has 0 bridgehead atoms. The van der Waals surface area contributed by atoms with Crippen LogP contribution in [0.2, 0.25) is 0 Å². The number of carbonyl (C=O) groups excluding carboxylic acids is 1. The Morgan fingerprint density at radius 2 is 2.08 bits per heavy atom. The van der Waals surface area contributed by atoms with Crippen LogP contribution in [-0.2, 0) is 6.42 Å². The molecule has 2 aromatic rings. The van der Waals surface area contributed by atoms with E-state index >= 15 is 0 Å². The minimum absolute atomic E-state index is 0.0754. The van der Waals surface area contributed by atoms with E-state index in [4.69, 9.17) is 4.98 Å². The largest absolute Gasteiger partial charge is 0.337 e. The molecule has 0 N–H and O–H groups in total. The van der Waals surface area contributed by atoms with E-state index in [1.165, 1.54) is 0 Å². The number of halogens is 1. The van der Waals surface area contributed by atoms with E-state index in [9.17, 15) is 4.79 Å². The average molecular weight is 393 g/mol. The minimum atomic E-state index is 0.0754. The molecule has 0 aliphatic carbocycles. The number of nitrogens with zero attached hydrogens (tertiary/aromatic N) is 4. The molecular formula is C18H25BrN4O. The van der Waals surface area contributed by atoms with Crippen LogP contribution in [-0.4, -0.2) is 58.3 Å². The van der Waals surface area contributed by atoms with Gasteiger partial charge < -0.3 is 9.80 Å². The van der Waals surface area contributed by atoms with Crippen LogP contribution in [0, 0.1) is 6.92 Å². The van der Waals surface area contributed by atoms with Crippen LogP contribution < -0.4 is 0 Å². The van der Waals surface area contributed by atoms with Crippen LogP contribution in [0.5, 0.6) is 0 Å². The fourth-order valence-corrected chi connectivity index (χ4v) is 4.05. The zero-order valence-electron chi connectivity index (χ0n) is 14.8. The van der Waals surface area contributed by atoms with Gasteiger partial charge >= 0.3 is 0 Å². The van der Waals surface area contributed by atoms with E-state index < -0.39 is 0 Å². The van der Waals surface area contributed by atoms with Crippen molar-refractivity contribution in [1.29, 1.82) is 0 Å². The molecule has 2 aromatic heterocycles. The van der Waals surface area contributed by atoms with Crippen molar-refractivity contribution >= 4 is 27.5 Å². The molecule has 130 valence electrons. The Morgan fingerprint density at radius 1 is 1.42 bits per heavy atom.